The molecule has 31 heavy (non-hydrogen) atoms. The van der Waals surface area contributed by atoms with Gasteiger partial charge in [0.2, 0.25) is 5.90 Å². The first-order valence-electron chi connectivity index (χ1n) is 9.20. The molecule has 3 aromatic rings. The van der Waals surface area contributed by atoms with E-state index in [9.17, 15) is 13.2 Å². The summed E-state index contributed by atoms with van der Waals surface area (Å²) in [5.41, 5.74) is 2.26. The molecule has 1 amide bonds. The Labute approximate surface area is 188 Å². The first-order chi connectivity index (χ1) is 14.8. The highest BCUT2D eigenvalue weighted by Crippen LogP contribution is 2.23. The minimum absolute atomic E-state index is 0.0754. The molecule has 0 aromatic heterocycles. The van der Waals surface area contributed by atoms with E-state index in [0.29, 0.717) is 11.1 Å². The molecule has 4 rings (SSSR count). The highest BCUT2D eigenvalue weighted by Gasteiger charge is 2.24. The van der Waals surface area contributed by atoms with E-state index >= 15 is 0 Å². The number of halogens is 1. The lowest BCUT2D eigenvalue weighted by Crippen LogP contribution is -2.09. The van der Waals surface area contributed by atoms with Gasteiger partial charge in [0.1, 0.15) is 10.6 Å². The third-order valence-corrected chi connectivity index (χ3v) is 6.14. The molecule has 0 aliphatic carbocycles. The van der Waals surface area contributed by atoms with Crippen molar-refractivity contribution in [3.8, 4) is 5.75 Å². The minimum Gasteiger partial charge on any atom is -0.432 e. The van der Waals surface area contributed by atoms with Crippen LogP contribution in [0, 0.1) is 6.92 Å². The van der Waals surface area contributed by atoms with Gasteiger partial charge in [-0.05, 0) is 61.0 Å². The summed E-state index contributed by atoms with van der Waals surface area (Å²) in [6.45, 7) is 1.87. The molecule has 0 saturated heterocycles. The van der Waals surface area contributed by atoms with Crippen molar-refractivity contribution in [1.82, 2.24) is 0 Å². The molecule has 0 spiro atoms. The SMILES string of the molecule is Cc1ccc(S(=O)(=O)Oc2ccc(/C=C3/OC(c4cccc(Br)c4)=NC3=O)cc2)cc1. The second kappa shape index (κ2) is 8.49. The van der Waals surface area contributed by atoms with E-state index < -0.39 is 16.0 Å². The third kappa shape index (κ3) is 4.92. The van der Waals surface area contributed by atoms with Gasteiger partial charge in [-0.2, -0.15) is 13.4 Å². The van der Waals surface area contributed by atoms with E-state index in [1.165, 1.54) is 30.3 Å². The summed E-state index contributed by atoms with van der Waals surface area (Å²) < 4.78 is 36.4. The van der Waals surface area contributed by atoms with Gasteiger partial charge in [-0.25, -0.2) is 0 Å². The Bertz CT molecular complexity index is 1310. The van der Waals surface area contributed by atoms with Crippen molar-refractivity contribution < 1.29 is 22.1 Å². The van der Waals surface area contributed by atoms with Crippen LogP contribution < -0.4 is 4.18 Å². The zero-order chi connectivity index (χ0) is 22.0. The number of benzene rings is 3. The number of hydrogen-bond acceptors (Lipinski definition) is 5. The summed E-state index contributed by atoms with van der Waals surface area (Å²) in [5, 5.41) is 0. The fourth-order valence-electron chi connectivity index (χ4n) is 2.80. The first-order valence-corrected chi connectivity index (χ1v) is 11.4. The lowest BCUT2D eigenvalue weighted by atomic mass is 10.2. The van der Waals surface area contributed by atoms with E-state index in [0.717, 1.165) is 10.0 Å². The molecular weight excluding hydrogens is 482 g/mol. The van der Waals surface area contributed by atoms with Gasteiger partial charge in [-0.1, -0.05) is 51.8 Å². The predicted octanol–water partition coefficient (Wildman–Crippen LogP) is 4.87. The van der Waals surface area contributed by atoms with Crippen LogP contribution in [0.15, 0.2) is 92.9 Å². The average Bonchev–Trinajstić information content (AvgIpc) is 3.10. The molecule has 6 nitrogen and oxygen atoms in total. The summed E-state index contributed by atoms with van der Waals surface area (Å²) in [7, 11) is -3.93. The molecule has 0 bridgehead atoms. The Morgan fingerprint density at radius 3 is 2.39 bits per heavy atom. The van der Waals surface area contributed by atoms with Crippen LogP contribution in [0.1, 0.15) is 16.7 Å². The number of carbonyl (C=O) groups excluding carboxylic acids is 1. The van der Waals surface area contributed by atoms with Crippen molar-refractivity contribution >= 4 is 43.9 Å². The Kier molecular flexibility index (Phi) is 5.75. The molecule has 0 radical (unpaired) electrons. The van der Waals surface area contributed by atoms with Gasteiger partial charge in [0.05, 0.1) is 0 Å². The van der Waals surface area contributed by atoms with Gasteiger partial charge < -0.3 is 8.92 Å². The molecular formula is C23H16BrNO5S. The smallest absolute Gasteiger partial charge is 0.339 e. The number of carbonyl (C=O) groups is 1. The Hall–Kier alpha value is -3.23. The first kappa shape index (κ1) is 21.0. The molecule has 0 saturated carbocycles. The molecule has 0 atom stereocenters. The normalized spacial score (nSPS) is 15.0. The van der Waals surface area contributed by atoms with E-state index in [2.05, 4.69) is 20.9 Å². The van der Waals surface area contributed by atoms with Gasteiger partial charge in [0.25, 0.3) is 0 Å². The number of aliphatic imine (C=N–C) groups is 1. The topological polar surface area (TPSA) is 82.0 Å². The fraction of sp³-hybridized carbons (Fsp3) is 0.0435. The molecule has 1 aliphatic heterocycles. The van der Waals surface area contributed by atoms with Gasteiger partial charge in [-0.15, -0.1) is 0 Å². The van der Waals surface area contributed by atoms with Crippen molar-refractivity contribution in [3.05, 3.63) is 99.7 Å². The van der Waals surface area contributed by atoms with Crippen LogP contribution in [0.5, 0.6) is 5.75 Å². The second-order valence-corrected chi connectivity index (χ2v) is 9.22. The van der Waals surface area contributed by atoms with Gasteiger partial charge >= 0.3 is 16.0 Å². The van der Waals surface area contributed by atoms with Crippen LogP contribution in [0.2, 0.25) is 0 Å². The average molecular weight is 498 g/mol. The highest BCUT2D eigenvalue weighted by molar-refractivity contribution is 9.10. The molecule has 0 N–H and O–H groups in total. The number of nitrogens with zero attached hydrogens (tertiary/aromatic N) is 1. The number of ether oxygens (including phenoxy) is 1. The predicted molar refractivity (Wildman–Crippen MR) is 120 cm³/mol. The maximum Gasteiger partial charge on any atom is 0.339 e. The third-order valence-electron chi connectivity index (χ3n) is 4.39. The maximum atomic E-state index is 12.4. The van der Waals surface area contributed by atoms with Crippen molar-refractivity contribution in [2.75, 3.05) is 0 Å². The van der Waals surface area contributed by atoms with Gasteiger partial charge in [0, 0.05) is 10.0 Å². The van der Waals surface area contributed by atoms with E-state index in [1.54, 1.807) is 36.4 Å². The Morgan fingerprint density at radius 2 is 1.71 bits per heavy atom. The van der Waals surface area contributed by atoms with Crippen LogP contribution in [0.25, 0.3) is 6.08 Å². The lowest BCUT2D eigenvalue weighted by Gasteiger charge is -2.07. The summed E-state index contributed by atoms with van der Waals surface area (Å²) in [5.74, 6) is -0.0256. The Balaban J connectivity index is 1.48. The lowest BCUT2D eigenvalue weighted by molar-refractivity contribution is -0.115. The zero-order valence-corrected chi connectivity index (χ0v) is 18.7. The molecule has 0 unspecified atom stereocenters. The van der Waals surface area contributed by atoms with E-state index in [-0.39, 0.29) is 22.3 Å². The molecule has 1 heterocycles. The van der Waals surface area contributed by atoms with Gasteiger partial charge in [-0.3, -0.25) is 4.79 Å². The van der Waals surface area contributed by atoms with Crippen molar-refractivity contribution in [2.45, 2.75) is 11.8 Å². The summed E-state index contributed by atoms with van der Waals surface area (Å²) in [6.07, 6.45) is 1.54. The number of amides is 1. The maximum absolute atomic E-state index is 12.4. The quantitative estimate of drug-likeness (QED) is 0.371. The van der Waals surface area contributed by atoms with Crippen LogP contribution in [-0.2, 0) is 19.6 Å². The monoisotopic (exact) mass is 497 g/mol. The number of aryl methyl sites for hydroxylation is 1. The molecule has 156 valence electrons. The standard InChI is InChI=1S/C23H16BrNO5S/c1-15-5-11-20(12-6-15)31(27,28)30-19-9-7-16(8-10-19)13-21-22(26)25-23(29-21)17-3-2-4-18(24)14-17/h2-14H,1H3/b21-13+. The van der Waals surface area contributed by atoms with Crippen molar-refractivity contribution in [1.29, 1.82) is 0 Å². The number of hydrogen-bond donors (Lipinski definition) is 0. The van der Waals surface area contributed by atoms with Crippen LogP contribution in [0.3, 0.4) is 0 Å². The Morgan fingerprint density at radius 1 is 1.00 bits per heavy atom. The van der Waals surface area contributed by atoms with Crippen molar-refractivity contribution in [2.24, 2.45) is 4.99 Å². The zero-order valence-electron chi connectivity index (χ0n) is 16.3. The molecule has 3 aromatic carbocycles. The molecule has 1 aliphatic rings. The summed E-state index contributed by atoms with van der Waals surface area (Å²) >= 11 is 3.37. The van der Waals surface area contributed by atoms with E-state index in [4.69, 9.17) is 8.92 Å². The summed E-state index contributed by atoms with van der Waals surface area (Å²) in [6, 6.07) is 19.9. The van der Waals surface area contributed by atoms with Crippen LogP contribution >= 0.6 is 15.9 Å². The molecule has 0 fully saturated rings. The summed E-state index contributed by atoms with van der Waals surface area (Å²) in [4.78, 5) is 16.2. The van der Waals surface area contributed by atoms with Gasteiger partial charge in [0.15, 0.2) is 5.76 Å². The molecule has 8 heteroatoms. The van der Waals surface area contributed by atoms with Crippen LogP contribution in [-0.4, -0.2) is 20.2 Å². The van der Waals surface area contributed by atoms with Crippen LogP contribution in [0.4, 0.5) is 0 Å². The minimum atomic E-state index is -3.93. The fourth-order valence-corrected chi connectivity index (χ4v) is 4.13. The largest absolute Gasteiger partial charge is 0.432 e. The van der Waals surface area contributed by atoms with E-state index in [1.807, 2.05) is 19.1 Å². The highest BCUT2D eigenvalue weighted by atomic mass is 79.9. The van der Waals surface area contributed by atoms with Crippen molar-refractivity contribution in [3.63, 3.8) is 0 Å². The number of rotatable bonds is 5. The second-order valence-electron chi connectivity index (χ2n) is 6.76.